The lowest BCUT2D eigenvalue weighted by Gasteiger charge is -2.39. The summed E-state index contributed by atoms with van der Waals surface area (Å²) in [6.45, 7) is 0.519. The number of amides is 1. The van der Waals surface area contributed by atoms with Crippen LogP contribution in [-0.2, 0) is 16.8 Å². The molecule has 7 heteroatoms. The summed E-state index contributed by atoms with van der Waals surface area (Å²) >= 11 is 0. The Morgan fingerprint density at radius 3 is 2.54 bits per heavy atom. The average molecular weight is 540 g/mol. The van der Waals surface area contributed by atoms with Gasteiger partial charge in [-0.15, -0.1) is 0 Å². The molecule has 202 valence electrons. The Kier molecular flexibility index (Phi) is 8.22. The third kappa shape index (κ3) is 5.88. The van der Waals surface area contributed by atoms with E-state index in [9.17, 15) is 20.4 Å². The first-order chi connectivity index (χ1) is 20.0. The Morgan fingerprint density at radius 2 is 1.83 bits per heavy atom. The van der Waals surface area contributed by atoms with E-state index < -0.39 is 11.8 Å². The summed E-state index contributed by atoms with van der Waals surface area (Å²) in [5.41, 5.74) is 2.73. The van der Waals surface area contributed by atoms with Gasteiger partial charge in [-0.3, -0.25) is 9.69 Å². The molecule has 7 nitrogen and oxygen atoms in total. The van der Waals surface area contributed by atoms with Crippen molar-refractivity contribution in [2.45, 2.75) is 50.0 Å². The fraction of sp³-hybridized carbons (Fsp3) is 0.265. The van der Waals surface area contributed by atoms with Gasteiger partial charge in [0.05, 0.1) is 35.2 Å². The summed E-state index contributed by atoms with van der Waals surface area (Å²) in [5, 5.41) is 34.1. The highest BCUT2D eigenvalue weighted by atomic mass is 16.3. The van der Waals surface area contributed by atoms with Crippen LogP contribution < -0.4 is 5.32 Å². The van der Waals surface area contributed by atoms with Gasteiger partial charge < -0.3 is 15.3 Å². The monoisotopic (exact) mass is 539 g/mol. The maximum atomic E-state index is 13.5. The quantitative estimate of drug-likeness (QED) is 0.444. The number of hydrogen-bond donors (Lipinski definition) is 2. The van der Waals surface area contributed by atoms with E-state index in [4.69, 9.17) is 0 Å². The summed E-state index contributed by atoms with van der Waals surface area (Å²) in [4.78, 5) is 16.6. The zero-order valence-corrected chi connectivity index (χ0v) is 22.5. The Hall–Kier alpha value is -5.21. The first-order valence-electron chi connectivity index (χ1n) is 13.6. The molecule has 2 N–H and O–H groups in total. The highest BCUT2D eigenvalue weighted by Gasteiger charge is 2.38. The van der Waals surface area contributed by atoms with Crippen molar-refractivity contribution in [2.75, 3.05) is 6.54 Å². The van der Waals surface area contributed by atoms with Crippen LogP contribution in [0.3, 0.4) is 0 Å². The number of aliphatic hydroxyl groups is 1. The first-order valence-corrected chi connectivity index (χ1v) is 13.6. The molecule has 0 aromatic heterocycles. The van der Waals surface area contributed by atoms with E-state index in [0.29, 0.717) is 30.5 Å². The largest absolute Gasteiger partial charge is 0.388 e. The number of nitriles is 2. The maximum absolute atomic E-state index is 13.5. The molecule has 1 fully saturated rings. The number of nitrogens with one attached hydrogen (secondary N) is 1. The molecule has 1 unspecified atom stereocenters. The number of rotatable bonds is 8. The number of benzene rings is 2. The van der Waals surface area contributed by atoms with Crippen LogP contribution in [0.1, 0.15) is 47.9 Å². The predicted molar refractivity (Wildman–Crippen MR) is 152 cm³/mol. The van der Waals surface area contributed by atoms with Gasteiger partial charge in [0, 0.05) is 30.4 Å². The first kappa shape index (κ1) is 27.4. The molecule has 2 aliphatic rings. The molecule has 0 radical (unpaired) electrons. The van der Waals surface area contributed by atoms with E-state index in [-0.39, 0.29) is 18.5 Å². The van der Waals surface area contributed by atoms with Gasteiger partial charge in [-0.05, 0) is 67.3 Å². The molecule has 3 aromatic rings. The van der Waals surface area contributed by atoms with Crippen molar-refractivity contribution < 1.29 is 9.90 Å². The van der Waals surface area contributed by atoms with Crippen LogP contribution in [0.25, 0.3) is 5.57 Å². The van der Waals surface area contributed by atoms with Crippen LogP contribution in [0, 0.1) is 46.9 Å². The smallest absolute Gasteiger partial charge is 0.259 e. The van der Waals surface area contributed by atoms with Crippen LogP contribution in [0.4, 0.5) is 0 Å². The van der Waals surface area contributed by atoms with E-state index in [0.717, 1.165) is 29.5 Å². The average Bonchev–Trinajstić information content (AvgIpc) is 3.03. The van der Waals surface area contributed by atoms with E-state index >= 15 is 0 Å². The highest BCUT2D eigenvalue weighted by Crippen LogP contribution is 2.40. The van der Waals surface area contributed by atoms with Crippen LogP contribution in [0.2, 0.25) is 0 Å². The molecule has 1 atom stereocenters. The molecule has 5 rings (SSSR count). The van der Waals surface area contributed by atoms with Gasteiger partial charge >= 0.3 is 0 Å². The second-order valence-corrected chi connectivity index (χ2v) is 10.3. The molecule has 3 aromatic carbocycles. The van der Waals surface area contributed by atoms with E-state index in [1.807, 2.05) is 60.8 Å². The Labute approximate surface area is 241 Å². The van der Waals surface area contributed by atoms with Crippen molar-refractivity contribution in [3.05, 3.63) is 126 Å². The third-order valence-corrected chi connectivity index (χ3v) is 7.77. The lowest BCUT2D eigenvalue weighted by molar-refractivity contribution is -0.150. The normalized spacial score (nSPS) is 22.2. The lowest BCUT2D eigenvalue weighted by atomic mass is 9.68. The summed E-state index contributed by atoms with van der Waals surface area (Å²) in [7, 11) is 0. The van der Waals surface area contributed by atoms with Gasteiger partial charge in [-0.25, -0.2) is 0 Å². The second kappa shape index (κ2) is 12.3. The lowest BCUT2D eigenvalue weighted by Crippen LogP contribution is -2.52. The molecular formula is C34H29N5O2. The molecule has 0 bridgehead atoms. The SMILES string of the molecule is N#Cc1ccccc1C1(C#N)CCC(N/C=C/CN2C(=O)C(c3ccccc3)=CN(Cc3c#cc#cc3)C2O)CC1. The van der Waals surface area contributed by atoms with Gasteiger partial charge in [0.2, 0.25) is 6.35 Å². The van der Waals surface area contributed by atoms with Crippen LogP contribution in [0.5, 0.6) is 0 Å². The number of carbonyl (C=O) groups is 1. The molecule has 1 saturated carbocycles. The molecule has 1 heterocycles. The minimum Gasteiger partial charge on any atom is -0.388 e. The highest BCUT2D eigenvalue weighted by molar-refractivity contribution is 6.20. The molecule has 1 aliphatic carbocycles. The van der Waals surface area contributed by atoms with Crippen molar-refractivity contribution in [3.8, 4) is 12.1 Å². The zero-order chi connectivity index (χ0) is 28.7. The minimum absolute atomic E-state index is 0.165. The van der Waals surface area contributed by atoms with Crippen molar-refractivity contribution in [1.82, 2.24) is 15.1 Å². The van der Waals surface area contributed by atoms with Crippen LogP contribution in [0.15, 0.2) is 79.1 Å². The zero-order valence-electron chi connectivity index (χ0n) is 22.5. The molecule has 0 spiro atoms. The Bertz CT molecular complexity index is 1500. The van der Waals surface area contributed by atoms with Gasteiger partial charge in [-0.2, -0.15) is 10.5 Å². The summed E-state index contributed by atoms with van der Waals surface area (Å²) in [5.74, 6) is -0.263. The number of nitrogens with zero attached hydrogens (tertiary/aromatic N) is 4. The van der Waals surface area contributed by atoms with Gasteiger partial charge in [-0.1, -0.05) is 60.7 Å². The fourth-order valence-electron chi connectivity index (χ4n) is 5.52. The molecule has 1 amide bonds. The number of carbonyl (C=O) groups excluding carboxylic acids is 1. The van der Waals surface area contributed by atoms with Gasteiger partial charge in [0.15, 0.2) is 0 Å². The third-order valence-electron chi connectivity index (χ3n) is 7.77. The molecule has 41 heavy (non-hydrogen) atoms. The van der Waals surface area contributed by atoms with E-state index in [1.54, 1.807) is 23.2 Å². The second-order valence-electron chi connectivity index (χ2n) is 10.3. The van der Waals surface area contributed by atoms with Crippen molar-refractivity contribution >= 4 is 11.5 Å². The summed E-state index contributed by atoms with van der Waals surface area (Å²) in [6.07, 6.45) is 7.04. The summed E-state index contributed by atoms with van der Waals surface area (Å²) in [6, 6.07) is 34.7. The maximum Gasteiger partial charge on any atom is 0.259 e. The predicted octanol–water partition coefficient (Wildman–Crippen LogP) is 4.23. The van der Waals surface area contributed by atoms with Crippen LogP contribution in [-0.4, -0.2) is 39.8 Å². The van der Waals surface area contributed by atoms with Crippen molar-refractivity contribution in [2.24, 2.45) is 0 Å². The van der Waals surface area contributed by atoms with E-state index in [2.05, 4.69) is 41.7 Å². The summed E-state index contributed by atoms with van der Waals surface area (Å²) < 4.78 is 0. The van der Waals surface area contributed by atoms with Gasteiger partial charge in [0.1, 0.15) is 0 Å². The van der Waals surface area contributed by atoms with Crippen LogP contribution >= 0.6 is 0 Å². The number of aliphatic hydroxyl groups excluding tert-OH is 1. The Morgan fingerprint density at radius 1 is 1.07 bits per heavy atom. The molecule has 1 aliphatic heterocycles. The Balaban J connectivity index is 1.24. The minimum atomic E-state index is -1.16. The topological polar surface area (TPSA) is 103 Å². The molecule has 0 saturated heterocycles. The van der Waals surface area contributed by atoms with E-state index in [1.165, 1.54) is 4.90 Å². The van der Waals surface area contributed by atoms with Crippen molar-refractivity contribution in [1.29, 1.82) is 10.5 Å². The fourth-order valence-corrected chi connectivity index (χ4v) is 5.52. The standard InChI is InChI=1S/C34H29N5O2/c35-22-28-14-7-8-15-31(28)34(25-36)18-16-29(17-19-34)37-20-9-21-39-32(40)30(27-12-5-2-6-13-27)24-38(33(39)41)23-26-10-3-1-4-11-26/h2,5-10,12-15,20,24,29,33,37,41H,16-19,21,23H2/b20-9+. The van der Waals surface area contributed by atoms with Crippen molar-refractivity contribution in [3.63, 3.8) is 0 Å². The molecular weight excluding hydrogens is 510 g/mol. The van der Waals surface area contributed by atoms with Gasteiger partial charge in [0.25, 0.3) is 5.91 Å². The number of hydrogen-bond acceptors (Lipinski definition) is 6.